The number of ether oxygens (including phenoxy) is 2. The SMILES string of the molecule is CCOc1cc(OC)c(Cl)cc1C(C)C(=O)O. The highest BCUT2D eigenvalue weighted by Crippen LogP contribution is 2.36. The molecule has 1 aromatic carbocycles. The molecule has 0 bridgehead atoms. The topological polar surface area (TPSA) is 55.8 Å². The molecule has 0 amide bonds. The fourth-order valence-corrected chi connectivity index (χ4v) is 1.71. The second-order valence-corrected chi connectivity index (χ2v) is 3.92. The summed E-state index contributed by atoms with van der Waals surface area (Å²) in [5.41, 5.74) is 0.546. The number of hydrogen-bond acceptors (Lipinski definition) is 3. The Morgan fingerprint density at radius 1 is 1.47 bits per heavy atom. The summed E-state index contributed by atoms with van der Waals surface area (Å²) in [6.45, 7) is 3.86. The van der Waals surface area contributed by atoms with Crippen molar-refractivity contribution < 1.29 is 19.4 Å². The lowest BCUT2D eigenvalue weighted by Gasteiger charge is -2.15. The van der Waals surface area contributed by atoms with E-state index in [0.717, 1.165) is 0 Å². The molecule has 0 aliphatic rings. The molecule has 17 heavy (non-hydrogen) atoms. The summed E-state index contributed by atoms with van der Waals surface area (Å²) in [6, 6.07) is 3.19. The van der Waals surface area contributed by atoms with Gasteiger partial charge in [0.05, 0.1) is 24.7 Å². The van der Waals surface area contributed by atoms with Crippen molar-refractivity contribution in [1.82, 2.24) is 0 Å². The van der Waals surface area contributed by atoms with Crippen LogP contribution in [0.1, 0.15) is 25.3 Å². The van der Waals surface area contributed by atoms with Crippen LogP contribution in [0.5, 0.6) is 11.5 Å². The van der Waals surface area contributed by atoms with Gasteiger partial charge in [0.2, 0.25) is 0 Å². The lowest BCUT2D eigenvalue weighted by Crippen LogP contribution is -2.10. The molecule has 0 radical (unpaired) electrons. The van der Waals surface area contributed by atoms with Crippen molar-refractivity contribution in [1.29, 1.82) is 0 Å². The molecular formula is C12H15ClO4. The van der Waals surface area contributed by atoms with Crippen LogP contribution in [0, 0.1) is 0 Å². The zero-order chi connectivity index (χ0) is 13.0. The van der Waals surface area contributed by atoms with E-state index in [-0.39, 0.29) is 0 Å². The van der Waals surface area contributed by atoms with Gasteiger partial charge < -0.3 is 14.6 Å². The zero-order valence-corrected chi connectivity index (χ0v) is 10.7. The molecule has 94 valence electrons. The van der Waals surface area contributed by atoms with Crippen molar-refractivity contribution in [3.05, 3.63) is 22.7 Å². The summed E-state index contributed by atoms with van der Waals surface area (Å²) in [6.07, 6.45) is 0. The highest BCUT2D eigenvalue weighted by molar-refractivity contribution is 6.32. The standard InChI is InChI=1S/C12H15ClO4/c1-4-17-10-6-11(16-3)9(13)5-8(10)7(2)12(14)15/h5-7H,4H2,1-3H3,(H,14,15). The Bertz CT molecular complexity index is 417. The van der Waals surface area contributed by atoms with E-state index in [0.29, 0.717) is 28.7 Å². The van der Waals surface area contributed by atoms with Gasteiger partial charge in [0.15, 0.2) is 0 Å². The number of carboxylic acid groups (broad SMARTS) is 1. The number of rotatable bonds is 5. The Kier molecular flexibility index (Phi) is 4.63. The average molecular weight is 259 g/mol. The van der Waals surface area contributed by atoms with Gasteiger partial charge >= 0.3 is 5.97 Å². The second kappa shape index (κ2) is 5.77. The molecule has 1 unspecified atom stereocenters. The smallest absolute Gasteiger partial charge is 0.310 e. The molecule has 0 saturated carbocycles. The van der Waals surface area contributed by atoms with Gasteiger partial charge in [-0.3, -0.25) is 4.79 Å². The molecule has 0 heterocycles. The van der Waals surface area contributed by atoms with Crippen molar-refractivity contribution >= 4 is 17.6 Å². The Labute approximate surface area is 105 Å². The molecule has 0 fully saturated rings. The van der Waals surface area contributed by atoms with Crippen LogP contribution < -0.4 is 9.47 Å². The number of carboxylic acids is 1. The summed E-state index contributed by atoms with van der Waals surface area (Å²) < 4.78 is 10.5. The van der Waals surface area contributed by atoms with Gasteiger partial charge in [-0.2, -0.15) is 0 Å². The summed E-state index contributed by atoms with van der Waals surface area (Å²) in [5, 5.41) is 9.39. The Hall–Kier alpha value is -1.42. The minimum atomic E-state index is -0.924. The van der Waals surface area contributed by atoms with Gasteiger partial charge in [0.25, 0.3) is 0 Å². The monoisotopic (exact) mass is 258 g/mol. The number of aliphatic carboxylic acids is 1. The first-order valence-corrected chi connectivity index (χ1v) is 5.62. The van der Waals surface area contributed by atoms with Crippen LogP contribution in [-0.4, -0.2) is 24.8 Å². The van der Waals surface area contributed by atoms with Crippen LogP contribution in [0.3, 0.4) is 0 Å². The van der Waals surface area contributed by atoms with Crippen LogP contribution in [-0.2, 0) is 4.79 Å². The fourth-order valence-electron chi connectivity index (χ4n) is 1.46. The largest absolute Gasteiger partial charge is 0.495 e. The zero-order valence-electron chi connectivity index (χ0n) is 9.99. The molecule has 1 atom stereocenters. The summed E-state index contributed by atoms with van der Waals surface area (Å²) >= 11 is 5.98. The maximum Gasteiger partial charge on any atom is 0.310 e. The number of carbonyl (C=O) groups is 1. The number of hydrogen-bond donors (Lipinski definition) is 1. The molecule has 1 aromatic rings. The van der Waals surface area contributed by atoms with E-state index in [9.17, 15) is 4.79 Å². The minimum absolute atomic E-state index is 0.374. The first kappa shape index (κ1) is 13.6. The third-order valence-electron chi connectivity index (χ3n) is 2.42. The van der Waals surface area contributed by atoms with Crippen molar-refractivity contribution in [2.75, 3.05) is 13.7 Å². The molecule has 1 rings (SSSR count). The number of benzene rings is 1. The molecule has 0 aliphatic carbocycles. The van der Waals surface area contributed by atoms with Gasteiger partial charge in [-0.25, -0.2) is 0 Å². The Morgan fingerprint density at radius 3 is 2.59 bits per heavy atom. The van der Waals surface area contributed by atoms with E-state index < -0.39 is 11.9 Å². The fraction of sp³-hybridized carbons (Fsp3) is 0.417. The van der Waals surface area contributed by atoms with Crippen molar-refractivity contribution in [3.63, 3.8) is 0 Å². The molecule has 0 aromatic heterocycles. The van der Waals surface area contributed by atoms with Gasteiger partial charge in [-0.1, -0.05) is 11.6 Å². The average Bonchev–Trinajstić information content (AvgIpc) is 2.30. The third kappa shape index (κ3) is 3.03. The van der Waals surface area contributed by atoms with Crippen LogP contribution in [0.2, 0.25) is 5.02 Å². The lowest BCUT2D eigenvalue weighted by molar-refractivity contribution is -0.138. The molecule has 0 aliphatic heterocycles. The van der Waals surface area contributed by atoms with Gasteiger partial charge in [0, 0.05) is 11.6 Å². The number of halogens is 1. The van der Waals surface area contributed by atoms with E-state index in [1.54, 1.807) is 19.1 Å². The third-order valence-corrected chi connectivity index (χ3v) is 2.72. The van der Waals surface area contributed by atoms with E-state index >= 15 is 0 Å². The molecule has 0 spiro atoms. The van der Waals surface area contributed by atoms with Crippen molar-refractivity contribution in [2.24, 2.45) is 0 Å². The molecule has 5 heteroatoms. The minimum Gasteiger partial charge on any atom is -0.495 e. The van der Waals surface area contributed by atoms with Gasteiger partial charge in [-0.15, -0.1) is 0 Å². The predicted octanol–water partition coefficient (Wildman–Crippen LogP) is 2.94. The van der Waals surface area contributed by atoms with Crippen LogP contribution >= 0.6 is 11.6 Å². The maximum absolute atomic E-state index is 11.0. The molecule has 1 N–H and O–H groups in total. The van der Waals surface area contributed by atoms with Crippen LogP contribution in [0.25, 0.3) is 0 Å². The predicted molar refractivity (Wildman–Crippen MR) is 65.2 cm³/mol. The van der Waals surface area contributed by atoms with Crippen LogP contribution in [0.4, 0.5) is 0 Å². The quantitative estimate of drug-likeness (QED) is 0.882. The molecule has 0 saturated heterocycles. The maximum atomic E-state index is 11.0. The second-order valence-electron chi connectivity index (χ2n) is 3.52. The summed E-state index contributed by atoms with van der Waals surface area (Å²) in [4.78, 5) is 11.0. The van der Waals surface area contributed by atoms with Crippen molar-refractivity contribution in [3.8, 4) is 11.5 Å². The van der Waals surface area contributed by atoms with Gasteiger partial charge in [0.1, 0.15) is 11.5 Å². The van der Waals surface area contributed by atoms with E-state index in [1.807, 2.05) is 6.92 Å². The van der Waals surface area contributed by atoms with E-state index in [4.69, 9.17) is 26.2 Å². The highest BCUT2D eigenvalue weighted by atomic mass is 35.5. The lowest BCUT2D eigenvalue weighted by atomic mass is 10.00. The Morgan fingerprint density at radius 2 is 2.12 bits per heavy atom. The normalized spacial score (nSPS) is 12.0. The first-order chi connectivity index (χ1) is 8.01. The summed E-state index contributed by atoms with van der Waals surface area (Å²) in [7, 11) is 1.50. The molecular weight excluding hydrogens is 244 g/mol. The molecule has 4 nitrogen and oxygen atoms in total. The van der Waals surface area contributed by atoms with E-state index in [2.05, 4.69) is 0 Å². The van der Waals surface area contributed by atoms with E-state index in [1.165, 1.54) is 7.11 Å². The summed E-state index contributed by atoms with van der Waals surface area (Å²) in [5.74, 6) is -0.646. The van der Waals surface area contributed by atoms with Crippen molar-refractivity contribution in [2.45, 2.75) is 19.8 Å². The number of methoxy groups -OCH3 is 1. The Balaban J connectivity index is 3.26. The first-order valence-electron chi connectivity index (χ1n) is 5.24. The highest BCUT2D eigenvalue weighted by Gasteiger charge is 2.20. The van der Waals surface area contributed by atoms with Gasteiger partial charge in [-0.05, 0) is 19.9 Å². The van der Waals surface area contributed by atoms with Crippen LogP contribution in [0.15, 0.2) is 12.1 Å².